The number of aryl methyl sites for hydroxylation is 1. The average Bonchev–Trinajstić information content (AvgIpc) is 2.93. The summed E-state index contributed by atoms with van der Waals surface area (Å²) in [5.41, 5.74) is 3.12. The van der Waals surface area contributed by atoms with Gasteiger partial charge in [-0.1, -0.05) is 24.3 Å². The Labute approximate surface area is 123 Å². The van der Waals surface area contributed by atoms with Crippen molar-refractivity contribution in [2.45, 2.75) is 32.5 Å². The molecule has 1 aliphatic rings. The van der Waals surface area contributed by atoms with E-state index in [2.05, 4.69) is 16.5 Å². The van der Waals surface area contributed by atoms with Gasteiger partial charge in [0.05, 0.1) is 12.0 Å². The molecule has 0 saturated heterocycles. The zero-order chi connectivity index (χ0) is 14.8. The van der Waals surface area contributed by atoms with Crippen LogP contribution in [0, 0.1) is 0 Å². The highest BCUT2D eigenvalue weighted by atomic mass is 16.4. The Balaban J connectivity index is 1.91. The molecule has 1 unspecified atom stereocenters. The van der Waals surface area contributed by atoms with Crippen LogP contribution in [-0.4, -0.2) is 32.1 Å². The second kappa shape index (κ2) is 5.69. The van der Waals surface area contributed by atoms with Crippen molar-refractivity contribution in [1.82, 2.24) is 14.5 Å². The highest BCUT2D eigenvalue weighted by molar-refractivity contribution is 5.76. The first kappa shape index (κ1) is 13.8. The lowest BCUT2D eigenvalue weighted by Gasteiger charge is -2.34. The maximum absolute atomic E-state index is 11.7. The minimum absolute atomic E-state index is 0.574. The van der Waals surface area contributed by atoms with Gasteiger partial charge in [-0.05, 0) is 24.5 Å². The summed E-state index contributed by atoms with van der Waals surface area (Å²) in [6.07, 6.45) is 4.51. The van der Waals surface area contributed by atoms with E-state index < -0.39 is 12.0 Å². The molecule has 0 fully saturated rings. The number of rotatable bonds is 4. The first-order valence-electron chi connectivity index (χ1n) is 7.24. The van der Waals surface area contributed by atoms with Crippen LogP contribution in [0.15, 0.2) is 36.8 Å². The van der Waals surface area contributed by atoms with E-state index in [0.29, 0.717) is 6.54 Å². The van der Waals surface area contributed by atoms with Crippen molar-refractivity contribution in [2.75, 3.05) is 6.54 Å². The molecule has 1 aromatic heterocycles. The van der Waals surface area contributed by atoms with Gasteiger partial charge in [0.15, 0.2) is 0 Å². The van der Waals surface area contributed by atoms with Gasteiger partial charge in [-0.2, -0.15) is 0 Å². The van der Waals surface area contributed by atoms with Crippen LogP contribution < -0.4 is 0 Å². The molecule has 5 nitrogen and oxygen atoms in total. The lowest BCUT2D eigenvalue weighted by molar-refractivity contribution is -0.144. The molecule has 0 amide bonds. The van der Waals surface area contributed by atoms with Gasteiger partial charge in [0, 0.05) is 25.8 Å². The van der Waals surface area contributed by atoms with Crippen LogP contribution in [0.5, 0.6) is 0 Å². The van der Waals surface area contributed by atoms with Crippen LogP contribution >= 0.6 is 0 Å². The molecule has 1 N–H and O–H groups in total. The van der Waals surface area contributed by atoms with Gasteiger partial charge >= 0.3 is 5.97 Å². The van der Waals surface area contributed by atoms with Crippen molar-refractivity contribution < 1.29 is 9.90 Å². The third-order valence-corrected chi connectivity index (χ3v) is 4.12. The smallest absolute Gasteiger partial charge is 0.325 e. The van der Waals surface area contributed by atoms with Crippen LogP contribution in [-0.2, 0) is 24.3 Å². The predicted octanol–water partition coefficient (Wildman–Crippen LogP) is 2.09. The molecular formula is C16H19N3O2. The lowest BCUT2D eigenvalue weighted by atomic mass is 9.92. The van der Waals surface area contributed by atoms with Gasteiger partial charge in [-0.15, -0.1) is 0 Å². The quantitative estimate of drug-likeness (QED) is 0.934. The summed E-state index contributed by atoms with van der Waals surface area (Å²) in [6.45, 7) is 4.27. The van der Waals surface area contributed by atoms with Crippen LogP contribution in [0.2, 0.25) is 0 Å². The maximum atomic E-state index is 11.7. The number of carbonyl (C=O) groups is 1. The number of nitrogens with zero attached hydrogens (tertiary/aromatic N) is 3. The van der Waals surface area contributed by atoms with Gasteiger partial charge in [-0.25, -0.2) is 4.98 Å². The first-order valence-corrected chi connectivity index (χ1v) is 7.24. The fourth-order valence-electron chi connectivity index (χ4n) is 3.05. The van der Waals surface area contributed by atoms with Crippen LogP contribution in [0.3, 0.4) is 0 Å². The maximum Gasteiger partial charge on any atom is 0.325 e. The summed E-state index contributed by atoms with van der Waals surface area (Å²) in [7, 11) is 0. The van der Waals surface area contributed by atoms with E-state index in [9.17, 15) is 9.90 Å². The number of imidazole rings is 1. The lowest BCUT2D eigenvalue weighted by Crippen LogP contribution is -2.39. The van der Waals surface area contributed by atoms with E-state index in [0.717, 1.165) is 36.3 Å². The highest BCUT2D eigenvalue weighted by Gasteiger charge is 2.33. The average molecular weight is 285 g/mol. The van der Waals surface area contributed by atoms with Crippen molar-refractivity contribution in [3.8, 4) is 0 Å². The summed E-state index contributed by atoms with van der Waals surface area (Å²) >= 11 is 0. The molecule has 0 radical (unpaired) electrons. The Bertz CT molecular complexity index is 650. The van der Waals surface area contributed by atoms with Crippen molar-refractivity contribution in [3.05, 3.63) is 53.6 Å². The number of hydrogen-bond donors (Lipinski definition) is 1. The largest absolute Gasteiger partial charge is 0.480 e. The molecule has 21 heavy (non-hydrogen) atoms. The molecule has 110 valence electrons. The summed E-state index contributed by atoms with van der Waals surface area (Å²) in [6, 6.07) is 7.26. The number of benzene rings is 1. The molecule has 0 saturated carbocycles. The number of aromatic nitrogens is 2. The van der Waals surface area contributed by atoms with Crippen molar-refractivity contribution in [2.24, 2.45) is 0 Å². The topological polar surface area (TPSA) is 58.4 Å². The minimum atomic E-state index is -0.787. The van der Waals surface area contributed by atoms with E-state index in [1.807, 2.05) is 35.4 Å². The Hall–Kier alpha value is -2.14. The van der Waals surface area contributed by atoms with Gasteiger partial charge in [0.1, 0.15) is 6.04 Å². The SMILES string of the molecule is CCn1cncc1CN1CCc2ccccc2C1C(=O)O. The molecule has 3 rings (SSSR count). The number of carboxylic acids is 1. The molecule has 0 aliphatic carbocycles. The van der Waals surface area contributed by atoms with Gasteiger partial charge < -0.3 is 9.67 Å². The van der Waals surface area contributed by atoms with Gasteiger partial charge in [0.2, 0.25) is 0 Å². The van der Waals surface area contributed by atoms with Crippen molar-refractivity contribution in [1.29, 1.82) is 0 Å². The second-order valence-electron chi connectivity index (χ2n) is 5.33. The van der Waals surface area contributed by atoms with E-state index in [4.69, 9.17) is 0 Å². The molecule has 5 heteroatoms. The van der Waals surface area contributed by atoms with Crippen LogP contribution in [0.1, 0.15) is 29.8 Å². The normalized spacial score (nSPS) is 18.4. The summed E-state index contributed by atoms with van der Waals surface area (Å²) in [5, 5.41) is 9.65. The first-order chi connectivity index (χ1) is 10.2. The molecular weight excluding hydrogens is 266 g/mol. The summed E-state index contributed by atoms with van der Waals surface area (Å²) in [5.74, 6) is -0.787. The van der Waals surface area contributed by atoms with Crippen LogP contribution in [0.25, 0.3) is 0 Å². The zero-order valence-electron chi connectivity index (χ0n) is 12.1. The molecule has 0 spiro atoms. The zero-order valence-corrected chi connectivity index (χ0v) is 12.1. The van der Waals surface area contributed by atoms with E-state index in [1.54, 1.807) is 6.33 Å². The highest BCUT2D eigenvalue weighted by Crippen LogP contribution is 2.31. The molecule has 2 aromatic rings. The monoisotopic (exact) mass is 285 g/mol. The standard InChI is InChI=1S/C16H19N3O2/c1-2-18-11-17-9-13(18)10-19-8-7-12-5-3-4-6-14(12)15(19)16(20)21/h3-6,9,11,15H,2,7-8,10H2,1H3,(H,20,21). The Kier molecular flexibility index (Phi) is 3.75. The number of hydrogen-bond acceptors (Lipinski definition) is 3. The van der Waals surface area contributed by atoms with Gasteiger partial charge in [0.25, 0.3) is 0 Å². The van der Waals surface area contributed by atoms with E-state index in [1.165, 1.54) is 0 Å². The molecule has 0 bridgehead atoms. The summed E-state index contributed by atoms with van der Waals surface area (Å²) in [4.78, 5) is 17.9. The fraction of sp³-hybridized carbons (Fsp3) is 0.375. The predicted molar refractivity (Wildman–Crippen MR) is 78.8 cm³/mol. The van der Waals surface area contributed by atoms with E-state index in [-0.39, 0.29) is 0 Å². The molecule has 1 aliphatic heterocycles. The van der Waals surface area contributed by atoms with Crippen molar-refractivity contribution >= 4 is 5.97 Å². The molecule has 1 aromatic carbocycles. The third-order valence-electron chi connectivity index (χ3n) is 4.12. The summed E-state index contributed by atoms with van der Waals surface area (Å²) < 4.78 is 2.05. The molecule has 2 heterocycles. The Morgan fingerprint density at radius 1 is 1.43 bits per heavy atom. The number of aliphatic carboxylic acids is 1. The van der Waals surface area contributed by atoms with E-state index >= 15 is 0 Å². The van der Waals surface area contributed by atoms with Gasteiger partial charge in [-0.3, -0.25) is 9.69 Å². The second-order valence-corrected chi connectivity index (χ2v) is 5.33. The number of fused-ring (bicyclic) bond motifs is 1. The third kappa shape index (κ3) is 2.56. The fourth-order valence-corrected chi connectivity index (χ4v) is 3.05. The van der Waals surface area contributed by atoms with Crippen molar-refractivity contribution in [3.63, 3.8) is 0 Å². The Morgan fingerprint density at radius 3 is 3.00 bits per heavy atom. The van der Waals surface area contributed by atoms with Crippen LogP contribution in [0.4, 0.5) is 0 Å². The minimum Gasteiger partial charge on any atom is -0.480 e. The molecule has 1 atom stereocenters. The Morgan fingerprint density at radius 2 is 2.24 bits per heavy atom. The number of carboxylic acid groups (broad SMARTS) is 1.